The Labute approximate surface area is 162 Å². The van der Waals surface area contributed by atoms with Gasteiger partial charge in [0.2, 0.25) is 5.91 Å². The van der Waals surface area contributed by atoms with Gasteiger partial charge in [0.05, 0.1) is 0 Å². The minimum Gasteiger partial charge on any atom is -0.368 e. The van der Waals surface area contributed by atoms with Gasteiger partial charge >= 0.3 is 0 Å². The van der Waals surface area contributed by atoms with Crippen LogP contribution in [0, 0.1) is 0 Å². The average molecular weight is 378 g/mol. The number of aromatic nitrogens is 4. The number of nitrogens with zero attached hydrogens (tertiary/aromatic N) is 4. The normalized spacial score (nSPS) is 16.9. The summed E-state index contributed by atoms with van der Waals surface area (Å²) >= 11 is 0. The van der Waals surface area contributed by atoms with Crippen LogP contribution in [-0.2, 0) is 11.3 Å². The van der Waals surface area contributed by atoms with Crippen molar-refractivity contribution in [2.24, 2.45) is 5.73 Å². The van der Waals surface area contributed by atoms with E-state index in [0.717, 1.165) is 30.1 Å². The van der Waals surface area contributed by atoms with Crippen LogP contribution < -0.4 is 5.73 Å². The second-order valence-electron chi connectivity index (χ2n) is 6.99. The van der Waals surface area contributed by atoms with E-state index in [2.05, 4.69) is 15.0 Å². The molecule has 3 N–H and O–H groups in total. The molecule has 4 rings (SSSR count). The molecule has 1 unspecified atom stereocenters. The molecule has 1 aromatic carbocycles. The van der Waals surface area contributed by atoms with Crippen molar-refractivity contribution in [3.8, 4) is 11.4 Å². The van der Waals surface area contributed by atoms with Crippen molar-refractivity contribution >= 4 is 11.8 Å². The maximum absolute atomic E-state index is 13.1. The minimum atomic E-state index is -0.405. The van der Waals surface area contributed by atoms with Gasteiger partial charge in [0.25, 0.3) is 5.91 Å². The molecule has 0 spiro atoms. The number of hydrogen-bond donors (Lipinski definition) is 2. The van der Waals surface area contributed by atoms with Crippen molar-refractivity contribution in [2.75, 3.05) is 13.1 Å². The molecule has 2 aromatic heterocycles. The Kier molecular flexibility index (Phi) is 4.92. The lowest BCUT2D eigenvalue weighted by Crippen LogP contribution is -2.40. The van der Waals surface area contributed by atoms with Crippen LogP contribution in [0.15, 0.2) is 49.1 Å². The highest BCUT2D eigenvalue weighted by atomic mass is 16.2. The Hall–Kier alpha value is -3.42. The van der Waals surface area contributed by atoms with Gasteiger partial charge in [-0.25, -0.2) is 9.97 Å². The predicted molar refractivity (Wildman–Crippen MR) is 103 cm³/mol. The van der Waals surface area contributed by atoms with Gasteiger partial charge in [-0.3, -0.25) is 9.59 Å². The van der Waals surface area contributed by atoms with Crippen LogP contribution in [0.1, 0.15) is 34.9 Å². The second-order valence-corrected chi connectivity index (χ2v) is 6.99. The SMILES string of the molecule is NC(=O)Cn1ccnc1C1CCCN(C(=O)c2cccc(-c3ncc[nH]3)c2)C1. The molecule has 0 radical (unpaired) electrons. The summed E-state index contributed by atoms with van der Waals surface area (Å²) in [5.41, 5.74) is 6.84. The molecule has 1 saturated heterocycles. The molecule has 1 atom stereocenters. The number of aromatic amines is 1. The van der Waals surface area contributed by atoms with Crippen LogP contribution in [0.25, 0.3) is 11.4 Å². The van der Waals surface area contributed by atoms with Gasteiger partial charge in [0.1, 0.15) is 18.2 Å². The number of nitrogens with one attached hydrogen (secondary N) is 1. The summed E-state index contributed by atoms with van der Waals surface area (Å²) in [7, 11) is 0. The number of carbonyl (C=O) groups is 2. The zero-order chi connectivity index (χ0) is 19.5. The molecule has 3 heterocycles. The van der Waals surface area contributed by atoms with Crippen molar-refractivity contribution in [1.82, 2.24) is 24.4 Å². The van der Waals surface area contributed by atoms with Crippen LogP contribution in [0.3, 0.4) is 0 Å². The first-order valence-corrected chi connectivity index (χ1v) is 9.30. The predicted octanol–water partition coefficient (Wildman–Crippen LogP) is 1.78. The fourth-order valence-corrected chi connectivity index (χ4v) is 3.76. The third-order valence-corrected chi connectivity index (χ3v) is 5.03. The molecular weight excluding hydrogens is 356 g/mol. The standard InChI is InChI=1S/C20H22N6O2/c21-17(27)13-25-10-8-24-19(25)16-5-2-9-26(12-16)20(28)15-4-1-3-14(11-15)18-22-6-7-23-18/h1,3-4,6-8,10-11,16H,2,5,9,12-13H2,(H2,21,27)(H,22,23). The van der Waals surface area contributed by atoms with Gasteiger partial charge in [0.15, 0.2) is 0 Å². The van der Waals surface area contributed by atoms with Crippen molar-refractivity contribution in [3.63, 3.8) is 0 Å². The van der Waals surface area contributed by atoms with Gasteiger partial charge < -0.3 is 20.2 Å². The highest BCUT2D eigenvalue weighted by Gasteiger charge is 2.28. The molecule has 1 aliphatic heterocycles. The second kappa shape index (κ2) is 7.67. The maximum atomic E-state index is 13.1. The summed E-state index contributed by atoms with van der Waals surface area (Å²) in [5.74, 6) is 1.21. The van der Waals surface area contributed by atoms with Crippen LogP contribution in [-0.4, -0.2) is 49.3 Å². The molecule has 0 aliphatic carbocycles. The first-order chi connectivity index (χ1) is 13.6. The Morgan fingerprint density at radius 3 is 2.93 bits per heavy atom. The lowest BCUT2D eigenvalue weighted by molar-refractivity contribution is -0.118. The number of hydrogen-bond acceptors (Lipinski definition) is 4. The first-order valence-electron chi connectivity index (χ1n) is 9.30. The number of carbonyl (C=O) groups excluding carboxylic acids is 2. The molecule has 2 amide bonds. The highest BCUT2D eigenvalue weighted by molar-refractivity contribution is 5.95. The van der Waals surface area contributed by atoms with E-state index in [9.17, 15) is 9.59 Å². The molecule has 3 aromatic rings. The van der Waals surface area contributed by atoms with E-state index in [1.165, 1.54) is 0 Å². The van der Waals surface area contributed by atoms with Crippen LogP contribution in [0.2, 0.25) is 0 Å². The van der Waals surface area contributed by atoms with Gasteiger partial charge in [-0.15, -0.1) is 0 Å². The summed E-state index contributed by atoms with van der Waals surface area (Å²) < 4.78 is 1.78. The summed E-state index contributed by atoms with van der Waals surface area (Å²) in [6.45, 7) is 1.38. The quantitative estimate of drug-likeness (QED) is 0.705. The number of nitrogens with two attached hydrogens (primary N) is 1. The first kappa shape index (κ1) is 18.0. The average Bonchev–Trinajstić information content (AvgIpc) is 3.39. The fraction of sp³-hybridized carbons (Fsp3) is 0.300. The smallest absolute Gasteiger partial charge is 0.253 e. The van der Waals surface area contributed by atoms with E-state index in [4.69, 9.17) is 5.73 Å². The zero-order valence-corrected chi connectivity index (χ0v) is 15.4. The minimum absolute atomic E-state index is 0.00823. The molecule has 8 heteroatoms. The van der Waals surface area contributed by atoms with Crippen molar-refractivity contribution < 1.29 is 9.59 Å². The van der Waals surface area contributed by atoms with Gasteiger partial charge in [-0.05, 0) is 25.0 Å². The van der Waals surface area contributed by atoms with Gasteiger partial charge in [0, 0.05) is 54.9 Å². The Morgan fingerprint density at radius 2 is 2.14 bits per heavy atom. The van der Waals surface area contributed by atoms with E-state index < -0.39 is 5.91 Å². The van der Waals surface area contributed by atoms with E-state index in [0.29, 0.717) is 18.7 Å². The number of primary amides is 1. The fourth-order valence-electron chi connectivity index (χ4n) is 3.76. The number of H-pyrrole nitrogens is 1. The number of piperidine rings is 1. The molecule has 0 bridgehead atoms. The highest BCUT2D eigenvalue weighted by Crippen LogP contribution is 2.27. The molecular formula is C20H22N6O2. The van der Waals surface area contributed by atoms with Gasteiger partial charge in [-0.2, -0.15) is 0 Å². The van der Waals surface area contributed by atoms with Gasteiger partial charge in [-0.1, -0.05) is 12.1 Å². The summed E-state index contributed by atoms with van der Waals surface area (Å²) in [5, 5.41) is 0. The largest absolute Gasteiger partial charge is 0.368 e. The molecule has 0 saturated carbocycles. The summed E-state index contributed by atoms with van der Waals surface area (Å²) in [6, 6.07) is 7.48. The van der Waals surface area contributed by atoms with Crippen LogP contribution in [0.5, 0.6) is 0 Å². The molecule has 1 fully saturated rings. The Bertz CT molecular complexity index is 978. The zero-order valence-electron chi connectivity index (χ0n) is 15.4. The monoisotopic (exact) mass is 378 g/mol. The van der Waals surface area contributed by atoms with Crippen LogP contribution >= 0.6 is 0 Å². The number of imidazole rings is 2. The summed E-state index contributed by atoms with van der Waals surface area (Å²) in [4.78, 5) is 38.0. The van der Waals surface area contributed by atoms with E-state index in [1.807, 2.05) is 29.2 Å². The molecule has 1 aliphatic rings. The number of likely N-dealkylation sites (tertiary alicyclic amines) is 1. The third-order valence-electron chi connectivity index (χ3n) is 5.03. The molecule has 144 valence electrons. The van der Waals surface area contributed by atoms with Crippen molar-refractivity contribution in [3.05, 3.63) is 60.4 Å². The Morgan fingerprint density at radius 1 is 1.25 bits per heavy atom. The number of benzene rings is 1. The topological polar surface area (TPSA) is 110 Å². The lowest BCUT2D eigenvalue weighted by atomic mass is 9.96. The molecule has 8 nitrogen and oxygen atoms in total. The van der Waals surface area contributed by atoms with E-state index in [1.54, 1.807) is 29.4 Å². The summed E-state index contributed by atoms with van der Waals surface area (Å²) in [6.07, 6.45) is 8.68. The van der Waals surface area contributed by atoms with Crippen LogP contribution in [0.4, 0.5) is 0 Å². The maximum Gasteiger partial charge on any atom is 0.253 e. The third kappa shape index (κ3) is 3.66. The Balaban J connectivity index is 1.52. The van der Waals surface area contributed by atoms with E-state index >= 15 is 0 Å². The van der Waals surface area contributed by atoms with Crippen molar-refractivity contribution in [1.29, 1.82) is 0 Å². The number of rotatable bonds is 5. The number of amides is 2. The lowest BCUT2D eigenvalue weighted by Gasteiger charge is -2.32. The van der Waals surface area contributed by atoms with Crippen molar-refractivity contribution in [2.45, 2.75) is 25.3 Å². The van der Waals surface area contributed by atoms with E-state index in [-0.39, 0.29) is 18.4 Å². The molecule has 28 heavy (non-hydrogen) atoms.